The summed E-state index contributed by atoms with van der Waals surface area (Å²) in [4.78, 5) is 36.5. The van der Waals surface area contributed by atoms with Crippen LogP contribution in [0.4, 0.5) is 0 Å². The molecule has 0 N–H and O–H groups in total. The lowest BCUT2D eigenvalue weighted by Gasteiger charge is -2.34. The molecule has 8 heteroatoms. The van der Waals surface area contributed by atoms with Gasteiger partial charge in [0.2, 0.25) is 0 Å². The minimum Gasteiger partial charge on any atom is -0.544 e. The van der Waals surface area contributed by atoms with Crippen LogP contribution in [0, 0.1) is 0 Å². The predicted molar refractivity (Wildman–Crippen MR) is 189 cm³/mol. The number of carbonyl (C=O) groups is 3. The maximum atomic E-state index is 12.6. The molecule has 8 nitrogen and oxygen atoms in total. The number of hydrogen-bond donors (Lipinski definition) is 0. The van der Waals surface area contributed by atoms with Gasteiger partial charge in [-0.2, -0.15) is 0 Å². The lowest BCUT2D eigenvalue weighted by Crippen LogP contribution is -2.55. The molecule has 0 aromatic carbocycles. The van der Waals surface area contributed by atoms with Crippen molar-refractivity contribution in [3.63, 3.8) is 0 Å². The molecule has 0 amide bonds. The fourth-order valence-corrected chi connectivity index (χ4v) is 4.65. The molecular weight excluding hydrogens is 594 g/mol. The Hall–Kier alpha value is -2.97. The van der Waals surface area contributed by atoms with Gasteiger partial charge in [-0.1, -0.05) is 107 Å². The zero-order valence-corrected chi connectivity index (χ0v) is 30.2. The Morgan fingerprint density at radius 3 is 1.83 bits per heavy atom. The number of nitrogens with zero attached hydrogens (tertiary/aromatic N) is 1. The van der Waals surface area contributed by atoms with Crippen molar-refractivity contribution in [3.8, 4) is 0 Å². The van der Waals surface area contributed by atoms with E-state index in [4.69, 9.17) is 14.2 Å². The van der Waals surface area contributed by atoms with Crippen LogP contribution in [0.2, 0.25) is 0 Å². The van der Waals surface area contributed by atoms with Crippen molar-refractivity contribution < 1.29 is 38.2 Å². The first-order valence-corrected chi connectivity index (χ1v) is 17.9. The van der Waals surface area contributed by atoms with Gasteiger partial charge in [-0.15, -0.1) is 0 Å². The van der Waals surface area contributed by atoms with Crippen LogP contribution in [-0.2, 0) is 28.6 Å². The first-order chi connectivity index (χ1) is 22.6. The Balaban J connectivity index is 4.57. The standard InChI is InChI=1S/C39H65NO7/c1-6-8-10-12-14-16-18-19-20-22-24-26-28-30-38(42)47-35(33-45-32-31-36(39(43)44)40(3,4)5)34-46-37(41)29-27-25-23-21-17-15-13-11-9-7-2/h8,10,12-16,18-20,35-36H,6-7,9,11,17,21-34H2,1-5H3/b10-8+,14-12+,15-13+,18-16+,20-19+. The van der Waals surface area contributed by atoms with Gasteiger partial charge >= 0.3 is 11.9 Å². The summed E-state index contributed by atoms with van der Waals surface area (Å²) in [7, 11) is 5.36. The van der Waals surface area contributed by atoms with Gasteiger partial charge < -0.3 is 28.6 Å². The normalized spacial score (nSPS) is 13.8. The van der Waals surface area contributed by atoms with Gasteiger partial charge in [0.05, 0.1) is 40.3 Å². The molecule has 0 spiro atoms. The number of aliphatic carboxylic acids is 1. The summed E-state index contributed by atoms with van der Waals surface area (Å²) < 4.78 is 17.0. The third-order valence-corrected chi connectivity index (χ3v) is 7.48. The van der Waals surface area contributed by atoms with E-state index in [2.05, 4.69) is 38.2 Å². The molecule has 0 rings (SSSR count). The molecule has 2 unspecified atom stereocenters. The Morgan fingerprint density at radius 2 is 1.21 bits per heavy atom. The molecule has 0 aromatic rings. The largest absolute Gasteiger partial charge is 0.544 e. The topological polar surface area (TPSA) is 102 Å². The molecule has 268 valence electrons. The quantitative estimate of drug-likeness (QED) is 0.0261. The van der Waals surface area contributed by atoms with Gasteiger partial charge in [0.25, 0.3) is 0 Å². The molecule has 0 aliphatic carbocycles. The van der Waals surface area contributed by atoms with Crippen LogP contribution in [0.1, 0.15) is 117 Å². The zero-order valence-electron chi connectivity index (χ0n) is 30.2. The summed E-state index contributed by atoms with van der Waals surface area (Å²) in [6, 6.07) is -0.735. The Bertz CT molecular complexity index is 959. The van der Waals surface area contributed by atoms with Gasteiger partial charge in [-0.25, -0.2) is 0 Å². The Kier molecular flexibility index (Phi) is 28.4. The van der Waals surface area contributed by atoms with Gasteiger partial charge in [-0.05, 0) is 51.4 Å². The Morgan fingerprint density at radius 1 is 0.660 bits per heavy atom. The summed E-state index contributed by atoms with van der Waals surface area (Å²) in [5.74, 6) is -1.82. The van der Waals surface area contributed by atoms with Crippen LogP contribution in [0.15, 0.2) is 60.8 Å². The number of esters is 2. The number of ether oxygens (including phenoxy) is 3. The van der Waals surface area contributed by atoms with Crippen LogP contribution < -0.4 is 5.11 Å². The van der Waals surface area contributed by atoms with Crippen molar-refractivity contribution in [1.82, 2.24) is 0 Å². The monoisotopic (exact) mass is 659 g/mol. The summed E-state index contributed by atoms with van der Waals surface area (Å²) in [5, 5.41) is 11.5. The fraction of sp³-hybridized carbons (Fsp3) is 0.667. The van der Waals surface area contributed by atoms with Crippen LogP contribution >= 0.6 is 0 Å². The lowest BCUT2D eigenvalue weighted by atomic mass is 10.1. The number of hydrogen-bond acceptors (Lipinski definition) is 7. The molecule has 0 bridgehead atoms. The van der Waals surface area contributed by atoms with Crippen molar-refractivity contribution >= 4 is 17.9 Å². The molecule has 2 atom stereocenters. The van der Waals surface area contributed by atoms with E-state index in [-0.39, 0.29) is 49.1 Å². The second-order valence-electron chi connectivity index (χ2n) is 12.8. The lowest BCUT2D eigenvalue weighted by molar-refractivity contribution is -0.889. The number of carbonyl (C=O) groups excluding carboxylic acids is 3. The van der Waals surface area contributed by atoms with Gasteiger partial charge in [-0.3, -0.25) is 9.59 Å². The maximum Gasteiger partial charge on any atom is 0.306 e. The van der Waals surface area contributed by atoms with Gasteiger partial charge in [0, 0.05) is 19.3 Å². The smallest absolute Gasteiger partial charge is 0.306 e. The van der Waals surface area contributed by atoms with E-state index < -0.39 is 18.1 Å². The number of allylic oxidation sites excluding steroid dienone is 10. The highest BCUT2D eigenvalue weighted by Gasteiger charge is 2.25. The second kappa shape index (κ2) is 30.4. The van der Waals surface area contributed by atoms with E-state index in [1.807, 2.05) is 36.5 Å². The second-order valence-corrected chi connectivity index (χ2v) is 12.8. The fourth-order valence-electron chi connectivity index (χ4n) is 4.65. The minimum absolute atomic E-state index is 0.0180. The first kappa shape index (κ1) is 44.0. The van der Waals surface area contributed by atoms with Crippen LogP contribution in [-0.4, -0.2) is 75.5 Å². The van der Waals surface area contributed by atoms with E-state index in [1.54, 1.807) is 21.1 Å². The van der Waals surface area contributed by atoms with Crippen LogP contribution in [0.3, 0.4) is 0 Å². The van der Waals surface area contributed by atoms with Gasteiger partial charge in [0.15, 0.2) is 6.10 Å². The summed E-state index contributed by atoms with van der Waals surface area (Å²) in [6.07, 6.45) is 34.0. The molecule has 47 heavy (non-hydrogen) atoms. The molecule has 0 aliphatic rings. The van der Waals surface area contributed by atoms with Crippen molar-refractivity contribution in [2.45, 2.75) is 129 Å². The van der Waals surface area contributed by atoms with Crippen LogP contribution in [0.25, 0.3) is 0 Å². The van der Waals surface area contributed by atoms with E-state index in [0.717, 1.165) is 64.2 Å². The molecule has 0 aromatic heterocycles. The number of rotatable bonds is 30. The van der Waals surface area contributed by atoms with Crippen molar-refractivity contribution in [2.75, 3.05) is 41.0 Å². The molecular formula is C39H65NO7. The van der Waals surface area contributed by atoms with E-state index in [9.17, 15) is 19.5 Å². The molecule has 0 aliphatic heterocycles. The number of quaternary nitrogens is 1. The number of likely N-dealkylation sites (N-methyl/N-ethyl adjacent to an activating group) is 1. The average Bonchev–Trinajstić information content (AvgIpc) is 3.01. The predicted octanol–water partition coefficient (Wildman–Crippen LogP) is 7.35. The summed E-state index contributed by atoms with van der Waals surface area (Å²) in [6.45, 7) is 4.38. The molecule has 0 radical (unpaired) electrons. The third kappa shape index (κ3) is 28.9. The summed E-state index contributed by atoms with van der Waals surface area (Å²) in [5.41, 5.74) is 0. The van der Waals surface area contributed by atoms with E-state index >= 15 is 0 Å². The number of carboxylic acid groups (broad SMARTS) is 1. The van der Waals surface area contributed by atoms with E-state index in [1.165, 1.54) is 12.8 Å². The van der Waals surface area contributed by atoms with Crippen molar-refractivity contribution in [3.05, 3.63) is 60.8 Å². The number of unbranched alkanes of at least 4 members (excludes halogenated alkanes) is 9. The highest BCUT2D eigenvalue weighted by Crippen LogP contribution is 2.11. The highest BCUT2D eigenvalue weighted by atomic mass is 16.6. The van der Waals surface area contributed by atoms with Crippen LogP contribution in [0.5, 0.6) is 0 Å². The van der Waals surface area contributed by atoms with Gasteiger partial charge in [0.1, 0.15) is 12.6 Å². The number of carboxylic acids is 1. The summed E-state index contributed by atoms with van der Waals surface area (Å²) >= 11 is 0. The van der Waals surface area contributed by atoms with Crippen molar-refractivity contribution in [1.29, 1.82) is 0 Å². The highest BCUT2D eigenvalue weighted by molar-refractivity contribution is 5.70. The third-order valence-electron chi connectivity index (χ3n) is 7.48. The zero-order chi connectivity index (χ0) is 35.0. The average molecular weight is 660 g/mol. The maximum absolute atomic E-state index is 12.6. The SMILES string of the molecule is CC/C=C/C=C/C=C/C=C/CCCCCC(=O)OC(COCCC(C(=O)[O-])[N+](C)(C)C)COC(=O)CCCCCC/C=C/CCCC. The Labute approximate surface area is 286 Å². The first-order valence-electron chi connectivity index (χ1n) is 17.9. The molecule has 0 heterocycles. The van der Waals surface area contributed by atoms with Crippen molar-refractivity contribution in [2.24, 2.45) is 0 Å². The molecule has 0 fully saturated rings. The van der Waals surface area contributed by atoms with E-state index in [0.29, 0.717) is 12.8 Å². The molecule has 0 saturated heterocycles. The molecule has 0 saturated carbocycles. The minimum atomic E-state index is -1.14.